The Hall–Kier alpha value is -0.660. The van der Waals surface area contributed by atoms with Crippen LogP contribution in [-0.2, 0) is 28.6 Å². The summed E-state index contributed by atoms with van der Waals surface area (Å²) >= 11 is 0. The first kappa shape index (κ1) is 33.3. The van der Waals surface area contributed by atoms with E-state index in [1.807, 2.05) is 0 Å². The summed E-state index contributed by atoms with van der Waals surface area (Å²) in [5, 5.41) is 0. The number of esters is 1. The number of carbonyl (C=O) groups is 1. The lowest BCUT2D eigenvalue weighted by Gasteiger charge is -2.06. The van der Waals surface area contributed by atoms with E-state index in [1.54, 1.807) is 0 Å². The maximum atomic E-state index is 11.7. The molecule has 0 rings (SSSR count). The Morgan fingerprint density at radius 2 is 0.941 bits per heavy atom. The molecule has 0 N–H and O–H groups in total. The second-order valence-corrected chi connectivity index (χ2v) is 11.1. The molecule has 0 aliphatic heterocycles. The van der Waals surface area contributed by atoms with Gasteiger partial charge in [0.15, 0.2) is 0 Å². The molecule has 0 saturated carbocycles. The van der Waals surface area contributed by atoms with Gasteiger partial charge in [-0.3, -0.25) is 8.98 Å². The molecule has 0 heterocycles. The van der Waals surface area contributed by atoms with Crippen LogP contribution in [0.5, 0.6) is 0 Å². The van der Waals surface area contributed by atoms with Gasteiger partial charge in [-0.15, -0.1) is 0 Å². The van der Waals surface area contributed by atoms with Gasteiger partial charge in [0.25, 0.3) is 10.1 Å². The average molecular weight is 507 g/mol. The van der Waals surface area contributed by atoms with Crippen LogP contribution < -0.4 is 0 Å². The molecule has 0 aromatic carbocycles. The topological polar surface area (TPSA) is 78.9 Å². The van der Waals surface area contributed by atoms with Gasteiger partial charge in [0.05, 0.1) is 26.1 Å². The number of hydrogen-bond acceptors (Lipinski definition) is 6. The predicted molar refractivity (Wildman–Crippen MR) is 141 cm³/mol. The Balaban J connectivity index is 3.17. The number of hydrogen-bond donors (Lipinski definition) is 0. The third-order valence-electron chi connectivity index (χ3n) is 6.00. The maximum absolute atomic E-state index is 11.7. The van der Waals surface area contributed by atoms with E-state index in [9.17, 15) is 13.2 Å². The van der Waals surface area contributed by atoms with Crippen molar-refractivity contribution in [1.29, 1.82) is 0 Å². The summed E-state index contributed by atoms with van der Waals surface area (Å²) in [6, 6.07) is 0. The van der Waals surface area contributed by atoms with E-state index in [0.717, 1.165) is 19.1 Å². The van der Waals surface area contributed by atoms with Crippen LogP contribution in [0.4, 0.5) is 0 Å². The highest BCUT2D eigenvalue weighted by Gasteiger charge is 2.04. The minimum atomic E-state index is -3.43. The van der Waals surface area contributed by atoms with Gasteiger partial charge in [0.1, 0.15) is 6.61 Å². The molecule has 0 saturated heterocycles. The Kier molecular flexibility index (Phi) is 24.9. The van der Waals surface area contributed by atoms with Crippen molar-refractivity contribution in [3.8, 4) is 0 Å². The smallest absolute Gasteiger partial charge is 0.305 e. The molecule has 0 aromatic heterocycles. The lowest BCUT2D eigenvalue weighted by molar-refractivity contribution is -0.145. The van der Waals surface area contributed by atoms with Crippen molar-refractivity contribution < 1.29 is 26.9 Å². The molecule has 0 bridgehead atoms. The summed E-state index contributed by atoms with van der Waals surface area (Å²) in [5.74, 6) is -0.192. The van der Waals surface area contributed by atoms with E-state index in [-0.39, 0.29) is 32.4 Å². The molecular formula is C27H54O6S. The van der Waals surface area contributed by atoms with Crippen molar-refractivity contribution in [2.24, 2.45) is 0 Å². The summed E-state index contributed by atoms with van der Waals surface area (Å²) in [4.78, 5) is 11.7. The molecule has 0 aliphatic rings. The van der Waals surface area contributed by atoms with E-state index in [2.05, 4.69) is 11.1 Å². The lowest BCUT2D eigenvalue weighted by atomic mass is 10.0. The van der Waals surface area contributed by atoms with Gasteiger partial charge < -0.3 is 9.47 Å². The third-order valence-corrected chi connectivity index (χ3v) is 6.60. The first-order chi connectivity index (χ1) is 16.5. The van der Waals surface area contributed by atoms with Gasteiger partial charge in [-0.1, -0.05) is 122 Å². The molecule has 0 aromatic rings. The van der Waals surface area contributed by atoms with Gasteiger partial charge in [-0.25, -0.2) is 0 Å². The molecule has 34 heavy (non-hydrogen) atoms. The first-order valence-electron chi connectivity index (χ1n) is 14.0. The number of rotatable bonds is 27. The van der Waals surface area contributed by atoms with Crippen LogP contribution >= 0.6 is 0 Å². The highest BCUT2D eigenvalue weighted by molar-refractivity contribution is 7.85. The zero-order chi connectivity index (χ0) is 25.2. The van der Waals surface area contributed by atoms with Crippen LogP contribution in [0, 0.1) is 0 Å². The van der Waals surface area contributed by atoms with Crippen molar-refractivity contribution in [2.45, 2.75) is 135 Å². The van der Waals surface area contributed by atoms with E-state index in [4.69, 9.17) is 9.47 Å². The summed E-state index contributed by atoms with van der Waals surface area (Å²) < 4.78 is 36.3. The van der Waals surface area contributed by atoms with Gasteiger partial charge in [-0.2, -0.15) is 8.42 Å². The van der Waals surface area contributed by atoms with Crippen LogP contribution in [0.1, 0.15) is 135 Å². The van der Waals surface area contributed by atoms with Gasteiger partial charge in [0.2, 0.25) is 0 Å². The number of unbranched alkanes of at least 4 members (excludes halogenated alkanes) is 18. The molecule has 0 fully saturated rings. The standard InChI is InChI=1S/C27H54O6S/c1-3-4-5-6-7-8-9-10-11-12-13-14-15-16-17-18-19-20-21-22-27(28)32-25-23-31-24-26-33-34(2,29)30/h3-26H2,1-2H3. The molecule has 0 radical (unpaired) electrons. The summed E-state index contributed by atoms with van der Waals surface area (Å²) in [7, 11) is -3.43. The lowest BCUT2D eigenvalue weighted by Crippen LogP contribution is -2.14. The first-order valence-corrected chi connectivity index (χ1v) is 15.8. The fraction of sp³-hybridized carbons (Fsp3) is 0.963. The van der Waals surface area contributed by atoms with Gasteiger partial charge in [-0.05, 0) is 6.42 Å². The summed E-state index contributed by atoms with van der Waals surface area (Å²) in [6.07, 6.45) is 26.8. The van der Waals surface area contributed by atoms with Gasteiger partial charge in [0, 0.05) is 6.42 Å². The minimum Gasteiger partial charge on any atom is -0.463 e. The van der Waals surface area contributed by atoms with E-state index >= 15 is 0 Å². The van der Waals surface area contributed by atoms with E-state index < -0.39 is 10.1 Å². The Labute approximate surface area is 211 Å². The largest absolute Gasteiger partial charge is 0.463 e. The van der Waals surface area contributed by atoms with Crippen molar-refractivity contribution in [1.82, 2.24) is 0 Å². The summed E-state index contributed by atoms with van der Waals surface area (Å²) in [5.41, 5.74) is 0. The van der Waals surface area contributed by atoms with Crippen molar-refractivity contribution in [2.75, 3.05) is 32.7 Å². The molecule has 0 aliphatic carbocycles. The molecule has 0 amide bonds. The van der Waals surface area contributed by atoms with Crippen molar-refractivity contribution in [3.63, 3.8) is 0 Å². The van der Waals surface area contributed by atoms with Crippen molar-refractivity contribution >= 4 is 16.1 Å². The Morgan fingerprint density at radius 3 is 1.35 bits per heavy atom. The highest BCUT2D eigenvalue weighted by Crippen LogP contribution is 2.14. The van der Waals surface area contributed by atoms with Crippen LogP contribution in [0.15, 0.2) is 0 Å². The van der Waals surface area contributed by atoms with Crippen LogP contribution in [0.3, 0.4) is 0 Å². The molecule has 7 heteroatoms. The molecular weight excluding hydrogens is 452 g/mol. The molecule has 0 unspecified atom stereocenters. The summed E-state index contributed by atoms with van der Waals surface area (Å²) in [6.45, 7) is 2.85. The number of carbonyl (C=O) groups excluding carboxylic acids is 1. The third kappa shape index (κ3) is 29.4. The monoisotopic (exact) mass is 506 g/mol. The van der Waals surface area contributed by atoms with Crippen LogP contribution in [-0.4, -0.2) is 47.1 Å². The number of ether oxygens (including phenoxy) is 2. The fourth-order valence-corrected chi connectivity index (χ4v) is 4.35. The van der Waals surface area contributed by atoms with Crippen LogP contribution in [0.25, 0.3) is 0 Å². The second-order valence-electron chi connectivity index (χ2n) is 9.47. The van der Waals surface area contributed by atoms with Gasteiger partial charge >= 0.3 is 5.97 Å². The molecule has 0 spiro atoms. The fourth-order valence-electron chi connectivity index (χ4n) is 3.98. The normalized spacial score (nSPS) is 11.7. The minimum absolute atomic E-state index is 0.0217. The Bertz CT molecular complexity index is 535. The Morgan fingerprint density at radius 1 is 0.559 bits per heavy atom. The quantitative estimate of drug-likeness (QED) is 0.0658. The predicted octanol–water partition coefficient (Wildman–Crippen LogP) is 7.34. The molecule has 0 atom stereocenters. The van der Waals surface area contributed by atoms with E-state index in [1.165, 1.54) is 109 Å². The zero-order valence-electron chi connectivity index (χ0n) is 22.3. The highest BCUT2D eigenvalue weighted by atomic mass is 32.2. The average Bonchev–Trinajstić information content (AvgIpc) is 2.79. The van der Waals surface area contributed by atoms with Crippen LogP contribution in [0.2, 0.25) is 0 Å². The maximum Gasteiger partial charge on any atom is 0.305 e. The van der Waals surface area contributed by atoms with Crippen molar-refractivity contribution in [3.05, 3.63) is 0 Å². The SMILES string of the molecule is CCCCCCCCCCCCCCCCCCCCCC(=O)OCCOCCOS(C)(=O)=O. The zero-order valence-corrected chi connectivity index (χ0v) is 23.1. The van der Waals surface area contributed by atoms with E-state index in [0.29, 0.717) is 6.42 Å². The molecule has 204 valence electrons. The molecule has 6 nitrogen and oxygen atoms in total. The second kappa shape index (κ2) is 25.4.